The van der Waals surface area contributed by atoms with Crippen molar-refractivity contribution < 1.29 is 43.5 Å². The van der Waals surface area contributed by atoms with E-state index in [0.29, 0.717) is 0 Å². The summed E-state index contributed by atoms with van der Waals surface area (Å²) in [6.07, 6.45) is 2.67. The zero-order chi connectivity index (χ0) is 23.7. The predicted molar refractivity (Wildman–Crippen MR) is 110 cm³/mol. The Morgan fingerprint density at radius 3 is 0.821 bits per heavy atom. The zero-order valence-corrected chi connectivity index (χ0v) is 21.3. The molecule has 0 aromatic heterocycles. The van der Waals surface area contributed by atoms with Crippen molar-refractivity contribution in [3.8, 4) is 0 Å². The van der Waals surface area contributed by atoms with Crippen LogP contribution in [0.15, 0.2) is 23.7 Å². The van der Waals surface area contributed by atoms with Gasteiger partial charge in [-0.05, 0) is 0 Å². The zero-order valence-electron chi connectivity index (χ0n) is 19.8. The van der Waals surface area contributed by atoms with Crippen LogP contribution in [0.1, 0.15) is 83.1 Å². The topological polar surface area (TPSA) is 91.7 Å². The van der Waals surface area contributed by atoms with Crippen LogP contribution in [0, 0.1) is 21.7 Å². The Morgan fingerprint density at radius 2 is 0.714 bits per heavy atom. The molecule has 0 aliphatic heterocycles. The van der Waals surface area contributed by atoms with Crippen LogP contribution in [0.5, 0.6) is 0 Å². The second-order valence-electron chi connectivity index (χ2n) is 10.8. The number of hydrogen-bond donors (Lipinski definition) is 2. The van der Waals surface area contributed by atoms with Gasteiger partial charge in [0.1, 0.15) is 11.5 Å². The van der Waals surface area contributed by atoms with Crippen molar-refractivity contribution >= 4 is 11.6 Å². The van der Waals surface area contributed by atoms with Gasteiger partial charge in [-0.1, -0.05) is 83.1 Å². The van der Waals surface area contributed by atoms with Gasteiger partial charge >= 0.3 is 23.7 Å². The van der Waals surface area contributed by atoms with E-state index in [9.17, 15) is 19.8 Å². The SMILES string of the molecule is CC(C)(C)C(=O)/C=C(\O)C(C)(C)C.CC(C)(C)C(=O)/C=C(\O)C(C)(C)C.[O]=[Ti]. The molecule has 0 bridgehead atoms. The van der Waals surface area contributed by atoms with E-state index in [1.165, 1.54) is 12.2 Å². The fourth-order valence-corrected chi connectivity index (χ4v) is 1.11. The molecule has 0 aromatic carbocycles. The molecule has 6 heteroatoms. The van der Waals surface area contributed by atoms with E-state index in [2.05, 4.69) is 0 Å². The molecule has 0 aliphatic rings. The average molecular weight is 432 g/mol. The van der Waals surface area contributed by atoms with Gasteiger partial charge < -0.3 is 10.2 Å². The summed E-state index contributed by atoms with van der Waals surface area (Å²) in [5.41, 5.74) is -1.53. The molecule has 0 radical (unpaired) electrons. The van der Waals surface area contributed by atoms with Crippen molar-refractivity contribution in [3.63, 3.8) is 0 Å². The van der Waals surface area contributed by atoms with Crippen molar-refractivity contribution in [3.05, 3.63) is 23.7 Å². The molecule has 5 nitrogen and oxygen atoms in total. The number of hydrogen-bond acceptors (Lipinski definition) is 5. The van der Waals surface area contributed by atoms with Crippen molar-refractivity contribution in [2.45, 2.75) is 83.1 Å². The summed E-state index contributed by atoms with van der Waals surface area (Å²) in [6, 6.07) is 0. The van der Waals surface area contributed by atoms with Gasteiger partial charge in [0, 0.05) is 33.8 Å². The number of rotatable bonds is 2. The molecule has 0 aliphatic carbocycles. The minimum atomic E-state index is -0.417. The Morgan fingerprint density at radius 1 is 0.536 bits per heavy atom. The van der Waals surface area contributed by atoms with Gasteiger partial charge in [-0.15, -0.1) is 0 Å². The third-order valence-electron chi connectivity index (χ3n) is 3.55. The molecule has 0 aromatic rings. The predicted octanol–water partition coefficient (Wildman–Crippen LogP) is 6.06. The summed E-state index contributed by atoms with van der Waals surface area (Å²) in [5, 5.41) is 19.1. The Hall–Kier alpha value is -1.07. The molecular formula is C22H40O5Ti. The summed E-state index contributed by atoms with van der Waals surface area (Å²) < 4.78 is 8.25. The first-order chi connectivity index (χ1) is 12.1. The Labute approximate surface area is 183 Å². The number of aliphatic hydroxyl groups excluding tert-OH is 2. The van der Waals surface area contributed by atoms with E-state index in [-0.39, 0.29) is 33.9 Å². The van der Waals surface area contributed by atoms with Gasteiger partial charge in [-0.2, -0.15) is 0 Å². The average Bonchev–Trinajstić information content (AvgIpc) is 2.45. The van der Waals surface area contributed by atoms with Gasteiger partial charge in [-0.25, -0.2) is 0 Å². The monoisotopic (exact) mass is 432 g/mol. The van der Waals surface area contributed by atoms with Crippen LogP contribution >= 0.6 is 0 Å². The van der Waals surface area contributed by atoms with Crippen LogP contribution in [0.25, 0.3) is 0 Å². The Kier molecular flexibility index (Phi) is 13.3. The van der Waals surface area contributed by atoms with Gasteiger partial charge in [0.2, 0.25) is 0 Å². The first kappa shape index (κ1) is 31.6. The molecule has 28 heavy (non-hydrogen) atoms. The number of aliphatic hydroxyl groups is 2. The van der Waals surface area contributed by atoms with E-state index in [0.717, 1.165) is 20.4 Å². The molecule has 2 N–H and O–H groups in total. The van der Waals surface area contributed by atoms with E-state index in [1.807, 2.05) is 83.1 Å². The van der Waals surface area contributed by atoms with Crippen molar-refractivity contribution in [1.29, 1.82) is 0 Å². The normalized spacial score (nSPS) is 13.5. The van der Waals surface area contributed by atoms with E-state index in [4.69, 9.17) is 3.32 Å². The summed E-state index contributed by atoms with van der Waals surface area (Å²) in [5.74, 6) is 0.208. The van der Waals surface area contributed by atoms with E-state index < -0.39 is 10.8 Å². The maximum absolute atomic E-state index is 11.5. The molecule has 0 rings (SSSR count). The fourth-order valence-electron chi connectivity index (χ4n) is 1.11. The Balaban J connectivity index is -0.000000410. The number of carbonyl (C=O) groups is 2. The standard InChI is InChI=1S/2C11H20O2.O.Ti/c2*1-10(2,3)8(12)7-9(13)11(4,5)6;;/h2*7,12H,1-6H3;;/b2*8-7-;;. The molecule has 0 atom stereocenters. The van der Waals surface area contributed by atoms with Gasteiger partial charge in [0.15, 0.2) is 11.6 Å². The molecule has 0 spiro atoms. The fraction of sp³-hybridized carbons (Fsp3) is 0.727. The third-order valence-corrected chi connectivity index (χ3v) is 3.55. The van der Waals surface area contributed by atoms with E-state index >= 15 is 0 Å². The van der Waals surface area contributed by atoms with Crippen molar-refractivity contribution in [2.75, 3.05) is 0 Å². The quantitative estimate of drug-likeness (QED) is 0.314. The van der Waals surface area contributed by atoms with Gasteiger partial charge in [0.05, 0.1) is 0 Å². The summed E-state index contributed by atoms with van der Waals surface area (Å²) in [6.45, 7) is 22.2. The summed E-state index contributed by atoms with van der Waals surface area (Å²) in [7, 11) is 0. The molecular weight excluding hydrogens is 392 g/mol. The van der Waals surface area contributed by atoms with Crippen LogP contribution < -0.4 is 0 Å². The molecule has 0 amide bonds. The number of carbonyl (C=O) groups excluding carboxylic acids is 2. The summed E-state index contributed by atoms with van der Waals surface area (Å²) >= 11 is 0.750. The van der Waals surface area contributed by atoms with Crippen LogP contribution in [-0.4, -0.2) is 21.8 Å². The first-order valence-corrected chi connectivity index (χ1v) is 9.85. The second kappa shape index (κ2) is 11.8. The van der Waals surface area contributed by atoms with Gasteiger partial charge in [0.25, 0.3) is 0 Å². The first-order valence-electron chi connectivity index (χ1n) is 9.21. The van der Waals surface area contributed by atoms with E-state index in [1.54, 1.807) is 0 Å². The molecule has 0 heterocycles. The molecule has 0 fully saturated rings. The Bertz CT molecular complexity index is 522. The molecule has 0 saturated heterocycles. The minimum absolute atomic E-state index is 0.0417. The van der Waals surface area contributed by atoms with Crippen molar-refractivity contribution in [2.24, 2.45) is 21.7 Å². The maximum atomic E-state index is 11.5. The summed E-state index contributed by atoms with van der Waals surface area (Å²) in [4.78, 5) is 23.0. The third kappa shape index (κ3) is 14.9. The second-order valence-corrected chi connectivity index (χ2v) is 10.8. The van der Waals surface area contributed by atoms with Crippen LogP contribution in [0.2, 0.25) is 0 Å². The van der Waals surface area contributed by atoms with Crippen LogP contribution in [-0.2, 0) is 33.3 Å². The van der Waals surface area contributed by atoms with Crippen LogP contribution in [0.3, 0.4) is 0 Å². The molecule has 0 unspecified atom stereocenters. The number of ketones is 2. The molecule has 0 saturated carbocycles. The molecule has 162 valence electrons. The van der Waals surface area contributed by atoms with Crippen LogP contribution in [0.4, 0.5) is 0 Å². The number of allylic oxidation sites excluding steroid dienone is 4. The van der Waals surface area contributed by atoms with Crippen molar-refractivity contribution in [1.82, 2.24) is 0 Å². The van der Waals surface area contributed by atoms with Gasteiger partial charge in [-0.3, -0.25) is 9.59 Å².